The summed E-state index contributed by atoms with van der Waals surface area (Å²) >= 11 is 3.08. The zero-order valence-corrected chi connectivity index (χ0v) is 12.9. The zero-order valence-electron chi connectivity index (χ0n) is 11.3. The van der Waals surface area contributed by atoms with Crippen molar-refractivity contribution < 1.29 is 9.18 Å². The predicted molar refractivity (Wildman–Crippen MR) is 77.0 cm³/mol. The van der Waals surface area contributed by atoms with Crippen LogP contribution in [0.1, 0.15) is 30.0 Å². The second kappa shape index (κ2) is 6.26. The Morgan fingerprint density at radius 2 is 2.20 bits per heavy atom. The van der Waals surface area contributed by atoms with Crippen LogP contribution in [0.5, 0.6) is 0 Å². The third kappa shape index (κ3) is 3.50. The molecule has 0 amide bonds. The molecule has 2 rings (SSSR count). The molecule has 0 aliphatic rings. The summed E-state index contributed by atoms with van der Waals surface area (Å²) in [5.74, 6) is 0.558. The zero-order chi connectivity index (χ0) is 14.7. The van der Waals surface area contributed by atoms with Crippen molar-refractivity contribution in [2.75, 3.05) is 0 Å². The van der Waals surface area contributed by atoms with Gasteiger partial charge in [0.15, 0.2) is 5.78 Å². The Bertz CT molecular complexity index is 625. The summed E-state index contributed by atoms with van der Waals surface area (Å²) in [7, 11) is 0. The molecule has 0 aliphatic heterocycles. The molecular formula is C14H15BrFN3O. The Hall–Kier alpha value is -1.56. The number of aromatic nitrogens is 3. The van der Waals surface area contributed by atoms with Gasteiger partial charge in [0.1, 0.15) is 18.0 Å². The fraction of sp³-hybridized carbons (Fsp3) is 0.357. The van der Waals surface area contributed by atoms with Gasteiger partial charge in [-0.1, -0.05) is 13.8 Å². The van der Waals surface area contributed by atoms with Gasteiger partial charge in [-0.3, -0.25) is 4.79 Å². The van der Waals surface area contributed by atoms with E-state index in [2.05, 4.69) is 39.9 Å². The molecule has 0 saturated heterocycles. The molecule has 0 atom stereocenters. The minimum atomic E-state index is -0.385. The first kappa shape index (κ1) is 14.8. The Morgan fingerprint density at radius 1 is 1.45 bits per heavy atom. The number of nitrogens with zero attached hydrogens (tertiary/aromatic N) is 3. The monoisotopic (exact) mass is 339 g/mol. The third-order valence-corrected chi connectivity index (χ3v) is 3.40. The average molecular weight is 340 g/mol. The number of Topliss-reactive ketones (excluding diaryl/α,β-unsaturated/α-hetero) is 1. The van der Waals surface area contributed by atoms with E-state index in [0.29, 0.717) is 17.3 Å². The molecule has 106 valence electrons. The van der Waals surface area contributed by atoms with Gasteiger partial charge < -0.3 is 0 Å². The van der Waals surface area contributed by atoms with Gasteiger partial charge in [0, 0.05) is 12.1 Å². The van der Waals surface area contributed by atoms with Gasteiger partial charge in [0.25, 0.3) is 0 Å². The number of benzene rings is 1. The van der Waals surface area contributed by atoms with Gasteiger partial charge in [0.05, 0.1) is 10.9 Å². The van der Waals surface area contributed by atoms with Crippen molar-refractivity contribution in [1.82, 2.24) is 14.8 Å². The minimum absolute atomic E-state index is 0.108. The van der Waals surface area contributed by atoms with Crippen LogP contribution in [0.25, 0.3) is 0 Å². The highest BCUT2D eigenvalue weighted by molar-refractivity contribution is 9.10. The lowest BCUT2D eigenvalue weighted by molar-refractivity contribution is 0.0989. The van der Waals surface area contributed by atoms with Crippen molar-refractivity contribution in [3.05, 3.63) is 46.2 Å². The van der Waals surface area contributed by atoms with E-state index >= 15 is 0 Å². The highest BCUT2D eigenvalue weighted by Gasteiger charge is 2.14. The van der Waals surface area contributed by atoms with Gasteiger partial charge in [-0.2, -0.15) is 5.10 Å². The molecule has 0 aliphatic carbocycles. The molecule has 0 bridgehead atoms. The number of halogens is 2. The molecule has 0 radical (unpaired) electrons. The van der Waals surface area contributed by atoms with Crippen molar-refractivity contribution in [2.45, 2.75) is 26.8 Å². The standard InChI is InChI=1S/C14H15BrFN3O/c1-9(2)7-19-14(17-8-18-19)6-13(20)10-3-4-12(16)11(15)5-10/h3-5,8-9H,6-7H2,1-2H3. The van der Waals surface area contributed by atoms with Gasteiger partial charge in [0.2, 0.25) is 0 Å². The smallest absolute Gasteiger partial charge is 0.170 e. The second-order valence-electron chi connectivity index (χ2n) is 4.98. The van der Waals surface area contributed by atoms with E-state index in [1.807, 2.05) is 0 Å². The summed E-state index contributed by atoms with van der Waals surface area (Å²) in [4.78, 5) is 16.3. The molecule has 4 nitrogen and oxygen atoms in total. The topological polar surface area (TPSA) is 47.8 Å². The Balaban J connectivity index is 2.15. The van der Waals surface area contributed by atoms with Crippen molar-refractivity contribution in [3.63, 3.8) is 0 Å². The lowest BCUT2D eigenvalue weighted by Crippen LogP contribution is -2.14. The third-order valence-electron chi connectivity index (χ3n) is 2.79. The predicted octanol–water partition coefficient (Wildman–Crippen LogP) is 3.26. The largest absolute Gasteiger partial charge is 0.294 e. The number of carbonyl (C=O) groups excluding carboxylic acids is 1. The number of hydrogen-bond donors (Lipinski definition) is 0. The van der Waals surface area contributed by atoms with Crippen LogP contribution in [0.15, 0.2) is 29.0 Å². The molecule has 0 spiro atoms. The first-order valence-electron chi connectivity index (χ1n) is 6.32. The maximum Gasteiger partial charge on any atom is 0.170 e. The number of carbonyl (C=O) groups is 1. The first-order chi connectivity index (χ1) is 9.47. The minimum Gasteiger partial charge on any atom is -0.294 e. The highest BCUT2D eigenvalue weighted by atomic mass is 79.9. The summed E-state index contributed by atoms with van der Waals surface area (Å²) in [6.07, 6.45) is 1.61. The van der Waals surface area contributed by atoms with Crippen LogP contribution in [0.3, 0.4) is 0 Å². The number of ketones is 1. The summed E-state index contributed by atoms with van der Waals surface area (Å²) in [5, 5.41) is 4.12. The van der Waals surface area contributed by atoms with Gasteiger partial charge in [-0.05, 0) is 40.0 Å². The van der Waals surface area contributed by atoms with E-state index in [1.165, 1.54) is 24.5 Å². The quantitative estimate of drug-likeness (QED) is 0.785. The van der Waals surface area contributed by atoms with Crippen molar-refractivity contribution in [3.8, 4) is 0 Å². The van der Waals surface area contributed by atoms with Gasteiger partial charge in [-0.15, -0.1) is 0 Å². The van der Waals surface area contributed by atoms with E-state index in [0.717, 1.165) is 6.54 Å². The van der Waals surface area contributed by atoms with Crippen LogP contribution in [-0.4, -0.2) is 20.5 Å². The molecule has 1 aromatic heterocycles. The average Bonchev–Trinajstić information content (AvgIpc) is 2.79. The van der Waals surface area contributed by atoms with Crippen molar-refractivity contribution >= 4 is 21.7 Å². The van der Waals surface area contributed by atoms with Crippen LogP contribution < -0.4 is 0 Å². The van der Waals surface area contributed by atoms with Crippen LogP contribution in [0, 0.1) is 11.7 Å². The van der Waals surface area contributed by atoms with Gasteiger partial charge in [-0.25, -0.2) is 14.1 Å². The summed E-state index contributed by atoms with van der Waals surface area (Å²) in [5.41, 5.74) is 0.456. The number of hydrogen-bond acceptors (Lipinski definition) is 3. The molecule has 1 aromatic carbocycles. The molecule has 2 aromatic rings. The summed E-state index contributed by atoms with van der Waals surface area (Å²) < 4.78 is 15.2. The molecule has 20 heavy (non-hydrogen) atoms. The fourth-order valence-corrected chi connectivity index (χ4v) is 2.22. The molecule has 0 saturated carbocycles. The molecular weight excluding hydrogens is 325 g/mol. The van der Waals surface area contributed by atoms with Crippen LogP contribution in [-0.2, 0) is 13.0 Å². The van der Waals surface area contributed by atoms with Crippen LogP contribution in [0.4, 0.5) is 4.39 Å². The maximum absolute atomic E-state index is 13.2. The SMILES string of the molecule is CC(C)Cn1ncnc1CC(=O)c1ccc(F)c(Br)c1. The van der Waals surface area contributed by atoms with Gasteiger partial charge >= 0.3 is 0 Å². The second-order valence-corrected chi connectivity index (χ2v) is 5.84. The Kier molecular flexibility index (Phi) is 4.65. The van der Waals surface area contributed by atoms with E-state index in [-0.39, 0.29) is 22.5 Å². The molecule has 0 fully saturated rings. The van der Waals surface area contributed by atoms with E-state index in [1.54, 1.807) is 4.68 Å². The normalized spacial score (nSPS) is 11.1. The van der Waals surface area contributed by atoms with E-state index < -0.39 is 0 Å². The molecule has 1 heterocycles. The molecule has 0 unspecified atom stereocenters. The first-order valence-corrected chi connectivity index (χ1v) is 7.11. The fourth-order valence-electron chi connectivity index (χ4n) is 1.84. The van der Waals surface area contributed by atoms with Crippen LogP contribution >= 0.6 is 15.9 Å². The summed E-state index contributed by atoms with van der Waals surface area (Å²) in [6.45, 7) is 4.87. The van der Waals surface area contributed by atoms with Crippen molar-refractivity contribution in [1.29, 1.82) is 0 Å². The lowest BCUT2D eigenvalue weighted by atomic mass is 10.1. The molecule has 0 N–H and O–H groups in total. The maximum atomic E-state index is 13.2. The highest BCUT2D eigenvalue weighted by Crippen LogP contribution is 2.18. The Morgan fingerprint density at radius 3 is 2.85 bits per heavy atom. The Labute approximate surface area is 125 Å². The number of rotatable bonds is 5. The van der Waals surface area contributed by atoms with E-state index in [4.69, 9.17) is 0 Å². The van der Waals surface area contributed by atoms with Crippen LogP contribution in [0.2, 0.25) is 0 Å². The van der Waals surface area contributed by atoms with E-state index in [9.17, 15) is 9.18 Å². The summed E-state index contributed by atoms with van der Waals surface area (Å²) in [6, 6.07) is 4.24. The molecule has 6 heteroatoms. The van der Waals surface area contributed by atoms with Crippen molar-refractivity contribution in [2.24, 2.45) is 5.92 Å². The lowest BCUT2D eigenvalue weighted by Gasteiger charge is -2.08.